The lowest BCUT2D eigenvalue weighted by molar-refractivity contribution is 0.0202. The first-order valence-electron chi connectivity index (χ1n) is 14.3. The molecule has 214 valence electrons. The maximum atomic E-state index is 13.8. The summed E-state index contributed by atoms with van der Waals surface area (Å²) in [5.74, 6) is 0.900. The van der Waals surface area contributed by atoms with Gasteiger partial charge in [-0.15, -0.1) is 0 Å². The number of rotatable bonds is 17. The van der Waals surface area contributed by atoms with Crippen LogP contribution in [0.5, 0.6) is 5.75 Å². The number of carbonyl (C=O) groups excluding carboxylic acids is 1. The zero-order valence-corrected chi connectivity index (χ0v) is 24.7. The van der Waals surface area contributed by atoms with Crippen molar-refractivity contribution in [1.29, 1.82) is 0 Å². The number of primary sulfonamides is 1. The first-order valence-corrected chi connectivity index (χ1v) is 16.0. The SMILES string of the molecule is CCCCc1oc2ccc(CS(N)(=O)=O)cc2c1C(=O)c1ccc(OC(CC)N(CCCC)CCCC)cc1. The fourth-order valence-electron chi connectivity index (χ4n) is 4.80. The number of hydrogen-bond donors (Lipinski definition) is 1. The normalized spacial score (nSPS) is 12.8. The predicted octanol–water partition coefficient (Wildman–Crippen LogP) is 6.81. The van der Waals surface area contributed by atoms with Gasteiger partial charge in [-0.05, 0) is 67.6 Å². The van der Waals surface area contributed by atoms with E-state index in [1.54, 1.807) is 30.3 Å². The average molecular weight is 557 g/mol. The molecule has 0 fully saturated rings. The van der Waals surface area contributed by atoms with Crippen molar-refractivity contribution in [3.8, 4) is 5.75 Å². The molecule has 1 aromatic heterocycles. The van der Waals surface area contributed by atoms with Crippen LogP contribution in [-0.4, -0.2) is 38.4 Å². The number of fused-ring (bicyclic) bond motifs is 1. The molecule has 0 spiro atoms. The quantitative estimate of drug-likeness (QED) is 0.145. The second-order valence-electron chi connectivity index (χ2n) is 10.2. The van der Waals surface area contributed by atoms with Gasteiger partial charge in [0.25, 0.3) is 0 Å². The molecule has 1 heterocycles. The summed E-state index contributed by atoms with van der Waals surface area (Å²) < 4.78 is 35.8. The molecule has 0 aliphatic heterocycles. The molecular weight excluding hydrogens is 512 g/mol. The molecular formula is C31H44N2O5S. The Morgan fingerprint density at radius 2 is 1.59 bits per heavy atom. The summed E-state index contributed by atoms with van der Waals surface area (Å²) in [4.78, 5) is 16.2. The molecule has 0 aliphatic carbocycles. The molecule has 3 rings (SSSR count). The summed E-state index contributed by atoms with van der Waals surface area (Å²) in [7, 11) is -3.71. The molecule has 2 N–H and O–H groups in total. The van der Waals surface area contributed by atoms with Gasteiger partial charge in [0.1, 0.15) is 17.1 Å². The molecule has 0 saturated heterocycles. The fourth-order valence-corrected chi connectivity index (χ4v) is 5.45. The predicted molar refractivity (Wildman–Crippen MR) is 158 cm³/mol. The summed E-state index contributed by atoms with van der Waals surface area (Å²) >= 11 is 0. The Morgan fingerprint density at radius 1 is 0.949 bits per heavy atom. The van der Waals surface area contributed by atoms with Gasteiger partial charge in [0.05, 0.1) is 11.3 Å². The van der Waals surface area contributed by atoms with Crippen molar-refractivity contribution in [1.82, 2.24) is 4.90 Å². The monoisotopic (exact) mass is 556 g/mol. The van der Waals surface area contributed by atoms with Crippen LogP contribution in [0.1, 0.15) is 99.9 Å². The first-order chi connectivity index (χ1) is 18.7. The van der Waals surface area contributed by atoms with Gasteiger partial charge in [-0.1, -0.05) is 53.0 Å². The third-order valence-corrected chi connectivity index (χ3v) is 7.66. The van der Waals surface area contributed by atoms with Gasteiger partial charge in [-0.2, -0.15) is 0 Å². The van der Waals surface area contributed by atoms with E-state index in [1.807, 2.05) is 12.1 Å². The summed E-state index contributed by atoms with van der Waals surface area (Å²) in [6.45, 7) is 10.6. The topological polar surface area (TPSA) is 103 Å². The molecule has 0 amide bonds. The highest BCUT2D eigenvalue weighted by Crippen LogP contribution is 2.31. The number of nitrogens with two attached hydrogens (primary N) is 1. The van der Waals surface area contributed by atoms with Crippen LogP contribution in [0.15, 0.2) is 46.9 Å². The summed E-state index contributed by atoms with van der Waals surface area (Å²) in [6.07, 6.45) is 7.87. The van der Waals surface area contributed by atoms with E-state index in [2.05, 4.69) is 32.6 Å². The minimum atomic E-state index is -3.71. The van der Waals surface area contributed by atoms with Crippen LogP contribution in [0, 0.1) is 0 Å². The molecule has 8 heteroatoms. The molecule has 0 bridgehead atoms. The van der Waals surface area contributed by atoms with Gasteiger partial charge in [0.15, 0.2) is 12.0 Å². The number of sulfonamides is 1. The lowest BCUT2D eigenvalue weighted by atomic mass is 9.97. The van der Waals surface area contributed by atoms with Crippen molar-refractivity contribution in [2.45, 2.75) is 91.0 Å². The van der Waals surface area contributed by atoms with E-state index in [1.165, 1.54) is 0 Å². The van der Waals surface area contributed by atoms with E-state index in [0.717, 1.165) is 63.8 Å². The average Bonchev–Trinajstić information content (AvgIpc) is 3.27. The number of aryl methyl sites for hydroxylation is 1. The standard InChI is InChI=1S/C31H44N2O5S/c1-5-9-12-28-30(26-21-23(22-39(32,35)36)13-18-27(26)38-28)31(34)24-14-16-25(17-15-24)37-29(8-4)33(19-10-6-2)20-11-7-3/h13-18,21,29H,5-12,19-20,22H2,1-4H3,(H2,32,35,36). The minimum absolute atomic E-state index is 0.0136. The van der Waals surface area contributed by atoms with Crippen LogP contribution in [0.2, 0.25) is 0 Å². The largest absolute Gasteiger partial charge is 0.475 e. The van der Waals surface area contributed by atoms with Gasteiger partial charge >= 0.3 is 0 Å². The third-order valence-electron chi connectivity index (χ3n) is 6.92. The highest BCUT2D eigenvalue weighted by molar-refractivity contribution is 7.88. The van der Waals surface area contributed by atoms with E-state index in [9.17, 15) is 13.2 Å². The van der Waals surface area contributed by atoms with Crippen LogP contribution < -0.4 is 9.88 Å². The Balaban J connectivity index is 1.89. The molecule has 0 aliphatic rings. The number of furan rings is 1. The van der Waals surface area contributed by atoms with Crippen molar-refractivity contribution in [2.24, 2.45) is 5.14 Å². The number of ketones is 1. The van der Waals surface area contributed by atoms with Crippen molar-refractivity contribution in [3.05, 3.63) is 64.9 Å². The second-order valence-corrected chi connectivity index (χ2v) is 11.8. The van der Waals surface area contributed by atoms with Crippen molar-refractivity contribution in [3.63, 3.8) is 0 Å². The summed E-state index contributed by atoms with van der Waals surface area (Å²) in [6, 6.07) is 12.4. The van der Waals surface area contributed by atoms with Gasteiger partial charge in [0.2, 0.25) is 10.0 Å². The van der Waals surface area contributed by atoms with E-state index in [4.69, 9.17) is 14.3 Å². The smallest absolute Gasteiger partial charge is 0.213 e. The fraction of sp³-hybridized carbons (Fsp3) is 0.516. The van der Waals surface area contributed by atoms with Gasteiger partial charge in [-0.3, -0.25) is 9.69 Å². The van der Waals surface area contributed by atoms with Crippen LogP contribution in [0.25, 0.3) is 11.0 Å². The maximum absolute atomic E-state index is 13.8. The Bertz CT molecular complexity index is 1310. The number of nitrogens with zero attached hydrogens (tertiary/aromatic N) is 1. The van der Waals surface area contributed by atoms with Gasteiger partial charge in [-0.25, -0.2) is 13.6 Å². The molecule has 2 aromatic carbocycles. The Labute approximate surface area is 233 Å². The maximum Gasteiger partial charge on any atom is 0.213 e. The molecule has 0 saturated carbocycles. The number of hydrogen-bond acceptors (Lipinski definition) is 6. The molecule has 1 unspecified atom stereocenters. The molecule has 0 radical (unpaired) electrons. The highest BCUT2D eigenvalue weighted by atomic mass is 32.2. The van der Waals surface area contributed by atoms with Gasteiger partial charge in [0, 0.05) is 30.5 Å². The Kier molecular flexibility index (Phi) is 11.6. The van der Waals surface area contributed by atoms with Crippen molar-refractivity contribution in [2.75, 3.05) is 13.1 Å². The highest BCUT2D eigenvalue weighted by Gasteiger charge is 2.23. The zero-order chi connectivity index (χ0) is 28.4. The summed E-state index contributed by atoms with van der Waals surface area (Å²) in [5, 5.41) is 5.88. The van der Waals surface area contributed by atoms with Crippen LogP contribution in [0.4, 0.5) is 0 Å². The Morgan fingerprint density at radius 3 is 2.15 bits per heavy atom. The lowest BCUT2D eigenvalue weighted by Gasteiger charge is -2.31. The van der Waals surface area contributed by atoms with Crippen molar-refractivity contribution < 1.29 is 22.4 Å². The number of ether oxygens (including phenoxy) is 1. The molecule has 39 heavy (non-hydrogen) atoms. The molecule has 7 nitrogen and oxygen atoms in total. The third kappa shape index (κ3) is 8.65. The van der Waals surface area contributed by atoms with Crippen molar-refractivity contribution >= 4 is 26.8 Å². The number of unbranched alkanes of at least 4 members (excludes halogenated alkanes) is 3. The number of benzene rings is 2. The second kappa shape index (κ2) is 14.6. The van der Waals surface area contributed by atoms with Crippen LogP contribution >= 0.6 is 0 Å². The van der Waals surface area contributed by atoms with E-state index < -0.39 is 10.0 Å². The minimum Gasteiger partial charge on any atom is -0.475 e. The zero-order valence-electron chi connectivity index (χ0n) is 23.9. The van der Waals surface area contributed by atoms with E-state index in [-0.39, 0.29) is 17.8 Å². The summed E-state index contributed by atoms with van der Waals surface area (Å²) in [5.41, 5.74) is 2.10. The Hall–Kier alpha value is -2.68. The van der Waals surface area contributed by atoms with E-state index in [0.29, 0.717) is 39.8 Å². The van der Waals surface area contributed by atoms with Crippen LogP contribution in [0.3, 0.4) is 0 Å². The van der Waals surface area contributed by atoms with Gasteiger partial charge < -0.3 is 9.15 Å². The number of carbonyl (C=O) groups is 1. The van der Waals surface area contributed by atoms with E-state index >= 15 is 0 Å². The lowest BCUT2D eigenvalue weighted by Crippen LogP contribution is -2.40. The first kappa shape index (κ1) is 30.9. The molecule has 1 atom stereocenters. The van der Waals surface area contributed by atoms with Crippen LogP contribution in [-0.2, 0) is 22.2 Å². The molecule has 3 aromatic rings.